The lowest BCUT2D eigenvalue weighted by atomic mass is 10.0. The van der Waals surface area contributed by atoms with Crippen LogP contribution in [0.2, 0.25) is 10.0 Å². The molecule has 6 aromatic carbocycles. The van der Waals surface area contributed by atoms with Crippen molar-refractivity contribution in [2.45, 2.75) is 195 Å². The van der Waals surface area contributed by atoms with Crippen LogP contribution in [-0.4, -0.2) is 125 Å². The van der Waals surface area contributed by atoms with Crippen molar-refractivity contribution in [3.05, 3.63) is 246 Å². The third-order valence-corrected chi connectivity index (χ3v) is 28.0. The number of alkyl halides is 3. The van der Waals surface area contributed by atoms with E-state index in [-0.39, 0.29) is 70.1 Å². The maximum absolute atomic E-state index is 13.5. The number of ether oxygens (including phenoxy) is 5. The lowest BCUT2D eigenvalue weighted by molar-refractivity contribution is -0.137. The maximum Gasteiger partial charge on any atom is 0.416 e. The van der Waals surface area contributed by atoms with Crippen LogP contribution in [0.4, 0.5) is 46.0 Å². The van der Waals surface area contributed by atoms with Crippen LogP contribution in [0.1, 0.15) is 190 Å². The van der Waals surface area contributed by atoms with E-state index < -0.39 is 83.2 Å². The van der Waals surface area contributed by atoms with Gasteiger partial charge in [-0.15, -0.1) is 66.1 Å². The Bertz CT molecular complexity index is 6250. The van der Waals surface area contributed by atoms with Gasteiger partial charge in [0.25, 0.3) is 5.91 Å². The highest BCUT2D eigenvalue weighted by Crippen LogP contribution is 2.44. The zero-order valence-electron chi connectivity index (χ0n) is 79.1. The topological polar surface area (TPSA) is 306 Å². The molecule has 5 fully saturated rings. The van der Waals surface area contributed by atoms with Crippen molar-refractivity contribution in [3.8, 4) is 90.5 Å². The standard InChI is InChI=1S/C23H20F4N2O2.2C22H24N2O4S.C21H22N2O3S.C20H18Cl2N2O3/c1-2-20(30)29(19-9-5-6-16(14-19)23(25,26)27)21(15-10-12-17(24)13-11-15)22(31)28-18-7-3-4-8-18;1-4-20(25)24(17-12-11-16(27-2)14-18(17)28-3)21(19-10-7-13-29-19)22(26)23-15-8-5-6-9-15;1-4-20(25)24(16-11-12-17(27-2)18(14-16)28-3)21(19-10-7-13-29-19)22(26)23-15-8-5-6-9-15;1-3-19(24)23(16-10-6-11-17(14-16)26-2)20(18-12-7-13-27-18)21(25)22-15-8-4-5-9-15;1-2-18(25)24(14-9-10-15(21)16(22)12-14)19(17-8-5-11-27-17)20(26)23-13-6-3-4-7-13/h1,5-6,9-14,18,21H,3-4,7-8H2,(H,28,31);2*1,7,10-15,21H,5-6,8-9H2,2-3H3,(H,23,26);1,6-7,10-15,20H,4-5,8-9H2,2H3,(H,22,25);1,5,8-13,19H,3-4,6-7H2,(H,23,26). The summed E-state index contributed by atoms with van der Waals surface area (Å²) in [5, 5.41) is 21.4. The summed E-state index contributed by atoms with van der Waals surface area (Å²) in [6.07, 6.45) is 43.5. The largest absolute Gasteiger partial charge is 0.497 e. The number of benzene rings is 6. The van der Waals surface area contributed by atoms with E-state index in [2.05, 4.69) is 50.3 Å². The second-order valence-electron chi connectivity index (χ2n) is 33.6. The molecule has 5 aliphatic carbocycles. The third-order valence-electron chi connectivity index (χ3n) is 24.4. The van der Waals surface area contributed by atoms with Gasteiger partial charge >= 0.3 is 35.7 Å². The number of nitrogens with one attached hydrogen (secondary N) is 5. The molecule has 0 bridgehead atoms. The number of nitrogens with zero attached hydrogens (tertiary/aromatic N) is 5. The molecule has 5 aliphatic rings. The van der Waals surface area contributed by atoms with Crippen LogP contribution in [0.25, 0.3) is 0 Å². The Morgan fingerprint density at radius 2 is 0.727 bits per heavy atom. The van der Waals surface area contributed by atoms with Crippen molar-refractivity contribution in [2.24, 2.45) is 0 Å². The average Bonchev–Trinajstić information content (AvgIpc) is 1.73. The van der Waals surface area contributed by atoms with Crippen molar-refractivity contribution in [2.75, 3.05) is 60.0 Å². The van der Waals surface area contributed by atoms with Gasteiger partial charge in [0.2, 0.25) is 23.6 Å². The van der Waals surface area contributed by atoms with E-state index >= 15 is 0 Å². The fraction of sp³-hybridized carbons (Fsp3) is 0.333. The lowest BCUT2D eigenvalue weighted by Gasteiger charge is -2.31. The summed E-state index contributed by atoms with van der Waals surface area (Å²) >= 11 is 16.3. The van der Waals surface area contributed by atoms with E-state index in [9.17, 15) is 65.5 Å². The number of hydrogen-bond donors (Lipinski definition) is 5. The number of anilines is 5. The Hall–Kier alpha value is -14.5. The van der Waals surface area contributed by atoms with Crippen molar-refractivity contribution >= 4 is 145 Å². The number of hydrogen-bond acceptors (Lipinski definition) is 19. The number of rotatable bonds is 30. The predicted octanol–water partition coefficient (Wildman–Crippen LogP) is 19.5. The van der Waals surface area contributed by atoms with E-state index in [1.54, 1.807) is 99.1 Å². The number of carbonyl (C=O) groups excluding carboxylic acids is 10. The molecule has 0 spiro atoms. The Balaban J connectivity index is 0.000000171. The first-order chi connectivity index (χ1) is 69.0. The second kappa shape index (κ2) is 53.4. The molecule has 5 N–H and O–H groups in total. The van der Waals surface area contributed by atoms with E-state index in [4.69, 9.17) is 83.4 Å². The number of methoxy groups -OCH3 is 5. The van der Waals surface area contributed by atoms with Crippen LogP contribution >= 0.6 is 57.2 Å². The number of amides is 10. The Kier molecular flexibility index (Phi) is 40.7. The first-order valence-corrected chi connectivity index (χ1v) is 49.5. The molecule has 15 rings (SSSR count). The minimum atomic E-state index is -4.65. The summed E-state index contributed by atoms with van der Waals surface area (Å²) in [6.45, 7) is 0. The first-order valence-electron chi connectivity index (χ1n) is 46.1. The van der Waals surface area contributed by atoms with E-state index in [0.29, 0.717) is 62.3 Å². The van der Waals surface area contributed by atoms with Crippen LogP contribution in [0.3, 0.4) is 0 Å². The fourth-order valence-electron chi connectivity index (χ4n) is 17.5. The smallest absolute Gasteiger partial charge is 0.416 e. The molecule has 0 aliphatic heterocycles. The lowest BCUT2D eigenvalue weighted by Crippen LogP contribution is -2.46. The quantitative estimate of drug-likeness (QED) is 0.0206. The van der Waals surface area contributed by atoms with Gasteiger partial charge in [0, 0.05) is 85.8 Å². The van der Waals surface area contributed by atoms with Gasteiger partial charge in [-0.05, 0) is 231 Å². The van der Waals surface area contributed by atoms with Crippen molar-refractivity contribution in [1.82, 2.24) is 26.6 Å². The normalized spacial score (nSPS) is 14.9. The van der Waals surface area contributed by atoms with Gasteiger partial charge in [-0.2, -0.15) is 13.2 Å². The zero-order chi connectivity index (χ0) is 103. The zero-order valence-corrected chi connectivity index (χ0v) is 83.1. The van der Waals surface area contributed by atoms with Gasteiger partial charge < -0.3 is 54.7 Å². The van der Waals surface area contributed by atoms with Gasteiger partial charge in [-0.25, -0.2) is 4.39 Å². The molecule has 746 valence electrons. The highest BCUT2D eigenvalue weighted by atomic mass is 35.5. The average molecular weight is 2050 g/mol. The van der Waals surface area contributed by atoms with Crippen LogP contribution in [0.5, 0.6) is 28.7 Å². The molecule has 35 heteroatoms. The van der Waals surface area contributed by atoms with Crippen LogP contribution in [0, 0.1) is 67.5 Å². The summed E-state index contributed by atoms with van der Waals surface area (Å²) in [7, 11) is 7.64. The Labute approximate surface area is 850 Å². The molecule has 143 heavy (non-hydrogen) atoms. The summed E-state index contributed by atoms with van der Waals surface area (Å²) in [6, 6.07) is 40.3. The minimum absolute atomic E-state index is 0.0755. The van der Waals surface area contributed by atoms with Crippen LogP contribution < -0.4 is 74.8 Å². The molecule has 0 saturated heterocycles. The highest BCUT2D eigenvalue weighted by molar-refractivity contribution is 7.10. The molecule has 26 nitrogen and oxygen atoms in total. The molecule has 4 aromatic heterocycles. The summed E-state index contributed by atoms with van der Waals surface area (Å²) in [4.78, 5) is 138. The number of terminal acetylenes is 5. The molecule has 5 atom stereocenters. The first kappa shape index (κ1) is 109. The van der Waals surface area contributed by atoms with Crippen LogP contribution in [-0.2, 0) is 54.1 Å². The van der Waals surface area contributed by atoms with Crippen LogP contribution in [0.15, 0.2) is 203 Å². The summed E-state index contributed by atoms with van der Waals surface area (Å²) < 4.78 is 85.3. The monoisotopic (exact) mass is 2040 g/mol. The SMILES string of the molecule is C#CC(=O)N(c1ccc(Cl)c(Cl)c1)C(C(=O)NC1CCCC1)c1ccco1.C#CC(=O)N(c1ccc(OC)c(OC)c1)C(C(=O)NC1CCCC1)c1cccs1.C#CC(=O)N(c1ccc(OC)cc1OC)C(C(=O)NC1CCCC1)c1cccs1.C#CC(=O)N(c1cccc(C(F)(F)F)c1)C(C(=O)NC1CCCC1)c1ccc(F)cc1.C#CC(=O)N(c1cccc(OC)c1)C(C(=O)NC1CCCC1)c1cccs1. The Morgan fingerprint density at radius 3 is 1.11 bits per heavy atom. The molecule has 4 heterocycles. The molecule has 5 saturated carbocycles. The maximum atomic E-state index is 13.5. The van der Waals surface area contributed by atoms with Crippen molar-refractivity contribution in [3.63, 3.8) is 0 Å². The van der Waals surface area contributed by atoms with E-state index in [0.717, 1.165) is 178 Å². The van der Waals surface area contributed by atoms with E-state index in [1.165, 1.54) is 105 Å². The third kappa shape index (κ3) is 28.9. The van der Waals surface area contributed by atoms with Gasteiger partial charge in [-0.3, -0.25) is 72.4 Å². The highest BCUT2D eigenvalue weighted by Gasteiger charge is 2.43. The van der Waals surface area contributed by atoms with Gasteiger partial charge in [0.1, 0.15) is 34.9 Å². The van der Waals surface area contributed by atoms with Gasteiger partial charge in [0.05, 0.1) is 63.1 Å². The minimum Gasteiger partial charge on any atom is -0.497 e. The molecular weight excluding hydrogens is 1940 g/mol. The number of thiophene rings is 3. The summed E-state index contributed by atoms with van der Waals surface area (Å²) in [5.74, 6) is 7.59. The predicted molar refractivity (Wildman–Crippen MR) is 545 cm³/mol. The molecular formula is C108H108Cl2F4N10O16S3. The molecule has 0 radical (unpaired) electrons. The van der Waals surface area contributed by atoms with Gasteiger partial charge in [0.15, 0.2) is 35.7 Å². The second-order valence-corrected chi connectivity index (χ2v) is 37.4. The number of halogens is 6. The Morgan fingerprint density at radius 1 is 0.364 bits per heavy atom. The number of furan rings is 1. The summed E-state index contributed by atoms with van der Waals surface area (Å²) in [5.41, 5.74) is 0.801. The van der Waals surface area contributed by atoms with E-state index in [1.807, 2.05) is 58.5 Å². The van der Waals surface area contributed by atoms with Gasteiger partial charge in [-0.1, -0.05) is 130 Å². The van der Waals surface area contributed by atoms with Crippen molar-refractivity contribution in [1.29, 1.82) is 0 Å². The molecule has 5 unspecified atom stereocenters. The molecule has 10 aromatic rings. The molecule has 10 amide bonds. The van der Waals surface area contributed by atoms with Crippen molar-refractivity contribution < 1.29 is 93.6 Å². The number of carbonyl (C=O) groups is 10. The fourth-order valence-corrected chi connectivity index (χ4v) is 20.3.